The van der Waals surface area contributed by atoms with Crippen LogP contribution in [0.3, 0.4) is 0 Å². The molecule has 2 N–H and O–H groups in total. The summed E-state index contributed by atoms with van der Waals surface area (Å²) in [5.41, 5.74) is 2.25. The second-order valence-electron chi connectivity index (χ2n) is 4.49. The number of nitrogens with one attached hydrogen (secondary N) is 2. The van der Waals surface area contributed by atoms with Gasteiger partial charge in [-0.15, -0.1) is 0 Å². The molecular formula is C15H13FN4O. The molecule has 106 valence electrons. The van der Waals surface area contributed by atoms with Crippen molar-refractivity contribution in [2.24, 2.45) is 0 Å². The third-order valence-electron chi connectivity index (χ3n) is 2.83. The zero-order valence-electron chi connectivity index (χ0n) is 11.3. The van der Waals surface area contributed by atoms with E-state index < -0.39 is 5.82 Å². The molecule has 0 bridgehead atoms. The first kappa shape index (κ1) is 13.1. The van der Waals surface area contributed by atoms with Crippen LogP contribution in [0.2, 0.25) is 0 Å². The van der Waals surface area contributed by atoms with Crippen molar-refractivity contribution in [1.29, 1.82) is 0 Å². The van der Waals surface area contributed by atoms with Crippen molar-refractivity contribution in [3.8, 4) is 11.5 Å². The first-order chi connectivity index (χ1) is 10.2. The number of halogens is 1. The highest BCUT2D eigenvalue weighted by atomic mass is 19.1. The molecule has 0 unspecified atom stereocenters. The zero-order valence-corrected chi connectivity index (χ0v) is 11.3. The minimum atomic E-state index is -0.455. The van der Waals surface area contributed by atoms with Gasteiger partial charge in [0.15, 0.2) is 11.6 Å². The number of pyridine rings is 1. The van der Waals surface area contributed by atoms with Crippen molar-refractivity contribution < 1.29 is 9.13 Å². The Morgan fingerprint density at radius 1 is 1.14 bits per heavy atom. The molecule has 3 aromatic rings. The quantitative estimate of drug-likeness (QED) is 0.765. The molecule has 2 heterocycles. The molecule has 0 aliphatic carbocycles. The summed E-state index contributed by atoms with van der Waals surface area (Å²) in [7, 11) is 0. The van der Waals surface area contributed by atoms with Gasteiger partial charge in [-0.1, -0.05) is 0 Å². The number of nitrogens with zero attached hydrogens (tertiary/aromatic N) is 2. The van der Waals surface area contributed by atoms with Crippen LogP contribution in [0.4, 0.5) is 15.8 Å². The monoisotopic (exact) mass is 284 g/mol. The van der Waals surface area contributed by atoms with Gasteiger partial charge in [0, 0.05) is 23.6 Å². The van der Waals surface area contributed by atoms with Crippen LogP contribution in [-0.2, 0) is 0 Å². The van der Waals surface area contributed by atoms with E-state index >= 15 is 0 Å². The van der Waals surface area contributed by atoms with Crippen LogP contribution < -0.4 is 10.1 Å². The third-order valence-corrected chi connectivity index (χ3v) is 2.83. The predicted octanol–water partition coefficient (Wildman–Crippen LogP) is 3.79. The summed E-state index contributed by atoms with van der Waals surface area (Å²) < 4.78 is 19.5. The molecule has 21 heavy (non-hydrogen) atoms. The van der Waals surface area contributed by atoms with Crippen LogP contribution in [0.25, 0.3) is 0 Å². The maximum atomic E-state index is 14.0. The van der Waals surface area contributed by atoms with Gasteiger partial charge in [0.25, 0.3) is 0 Å². The highest BCUT2D eigenvalue weighted by Crippen LogP contribution is 2.27. The number of hydrogen-bond donors (Lipinski definition) is 2. The number of H-pyrrole nitrogens is 1. The number of anilines is 2. The van der Waals surface area contributed by atoms with E-state index in [1.165, 1.54) is 6.07 Å². The molecule has 3 rings (SSSR count). The lowest BCUT2D eigenvalue weighted by molar-refractivity contribution is 0.440. The average Bonchev–Trinajstić information content (AvgIpc) is 2.97. The standard InChI is InChI=1S/C15H13FN4O/c1-10-2-4-13(9-17-10)21-15-5-3-11(6-14(15)16)20-12-7-18-19-8-12/h2-9,20H,1H3,(H,18,19). The molecule has 2 aromatic heterocycles. The molecule has 0 spiro atoms. The zero-order chi connectivity index (χ0) is 14.7. The minimum absolute atomic E-state index is 0.151. The summed E-state index contributed by atoms with van der Waals surface area (Å²) in [5.74, 6) is 0.192. The number of hydrogen-bond acceptors (Lipinski definition) is 4. The first-order valence-electron chi connectivity index (χ1n) is 6.36. The van der Waals surface area contributed by atoms with Crippen molar-refractivity contribution >= 4 is 11.4 Å². The van der Waals surface area contributed by atoms with E-state index in [9.17, 15) is 4.39 Å². The molecule has 1 aromatic carbocycles. The van der Waals surface area contributed by atoms with Crippen molar-refractivity contribution in [3.05, 3.63) is 60.4 Å². The lowest BCUT2D eigenvalue weighted by Crippen LogP contribution is -1.93. The second-order valence-corrected chi connectivity index (χ2v) is 4.49. The van der Waals surface area contributed by atoms with E-state index in [1.54, 1.807) is 36.8 Å². The Kier molecular flexibility index (Phi) is 3.51. The SMILES string of the molecule is Cc1ccc(Oc2ccc(Nc3cn[nH]c3)cc2F)cn1. The fourth-order valence-electron chi connectivity index (χ4n) is 1.79. The van der Waals surface area contributed by atoms with Crippen molar-refractivity contribution in [3.63, 3.8) is 0 Å². The van der Waals surface area contributed by atoms with Gasteiger partial charge < -0.3 is 10.1 Å². The van der Waals surface area contributed by atoms with E-state index in [4.69, 9.17) is 4.74 Å². The third kappa shape index (κ3) is 3.17. The average molecular weight is 284 g/mol. The van der Waals surface area contributed by atoms with Gasteiger partial charge in [-0.2, -0.15) is 5.10 Å². The Hall–Kier alpha value is -2.89. The van der Waals surface area contributed by atoms with Crippen LogP contribution in [0.5, 0.6) is 11.5 Å². The number of benzene rings is 1. The topological polar surface area (TPSA) is 62.8 Å². The Morgan fingerprint density at radius 2 is 2.05 bits per heavy atom. The van der Waals surface area contributed by atoms with E-state index in [0.717, 1.165) is 11.4 Å². The molecule has 6 heteroatoms. The number of aromatic nitrogens is 3. The van der Waals surface area contributed by atoms with Crippen molar-refractivity contribution in [2.45, 2.75) is 6.92 Å². The highest BCUT2D eigenvalue weighted by Gasteiger charge is 2.07. The minimum Gasteiger partial charge on any atom is -0.453 e. The maximum Gasteiger partial charge on any atom is 0.167 e. The molecule has 0 saturated heterocycles. The van der Waals surface area contributed by atoms with Gasteiger partial charge in [-0.3, -0.25) is 10.1 Å². The van der Waals surface area contributed by atoms with Crippen LogP contribution in [0, 0.1) is 12.7 Å². The summed E-state index contributed by atoms with van der Waals surface area (Å²) in [6.07, 6.45) is 4.85. The number of ether oxygens (including phenoxy) is 1. The summed E-state index contributed by atoms with van der Waals surface area (Å²) >= 11 is 0. The lowest BCUT2D eigenvalue weighted by atomic mass is 10.2. The van der Waals surface area contributed by atoms with Crippen molar-refractivity contribution in [1.82, 2.24) is 15.2 Å². The normalized spacial score (nSPS) is 10.4. The van der Waals surface area contributed by atoms with Gasteiger partial charge in [-0.05, 0) is 31.2 Å². The van der Waals surface area contributed by atoms with Crippen LogP contribution in [0.1, 0.15) is 5.69 Å². The summed E-state index contributed by atoms with van der Waals surface area (Å²) in [6, 6.07) is 8.22. The van der Waals surface area contributed by atoms with Gasteiger partial charge >= 0.3 is 0 Å². The Balaban J connectivity index is 1.76. The van der Waals surface area contributed by atoms with E-state index in [2.05, 4.69) is 20.5 Å². The summed E-state index contributed by atoms with van der Waals surface area (Å²) in [4.78, 5) is 4.10. The maximum absolute atomic E-state index is 14.0. The molecule has 0 aliphatic heterocycles. The lowest BCUT2D eigenvalue weighted by Gasteiger charge is -2.09. The Morgan fingerprint density at radius 3 is 2.71 bits per heavy atom. The molecule has 0 amide bonds. The number of aryl methyl sites for hydroxylation is 1. The van der Waals surface area contributed by atoms with Crippen LogP contribution in [0.15, 0.2) is 48.9 Å². The Labute approximate surface area is 120 Å². The highest BCUT2D eigenvalue weighted by molar-refractivity contribution is 5.59. The number of aromatic amines is 1. The molecule has 0 fully saturated rings. The van der Waals surface area contributed by atoms with Gasteiger partial charge in [0.05, 0.1) is 18.1 Å². The van der Waals surface area contributed by atoms with Gasteiger partial charge in [-0.25, -0.2) is 4.39 Å². The van der Waals surface area contributed by atoms with Gasteiger partial charge in [0.1, 0.15) is 5.75 Å². The summed E-state index contributed by atoms with van der Waals surface area (Å²) in [5, 5.41) is 9.51. The summed E-state index contributed by atoms with van der Waals surface area (Å²) in [6.45, 7) is 1.88. The van der Waals surface area contributed by atoms with E-state index in [-0.39, 0.29) is 5.75 Å². The molecule has 0 atom stereocenters. The van der Waals surface area contributed by atoms with E-state index in [0.29, 0.717) is 11.4 Å². The predicted molar refractivity (Wildman–Crippen MR) is 77.3 cm³/mol. The Bertz CT molecular complexity index is 726. The van der Waals surface area contributed by atoms with Crippen LogP contribution >= 0.6 is 0 Å². The second kappa shape index (κ2) is 5.62. The van der Waals surface area contributed by atoms with E-state index in [1.807, 2.05) is 13.0 Å². The first-order valence-corrected chi connectivity index (χ1v) is 6.36. The fraction of sp³-hybridized carbons (Fsp3) is 0.0667. The molecule has 5 nitrogen and oxygen atoms in total. The van der Waals surface area contributed by atoms with Crippen molar-refractivity contribution in [2.75, 3.05) is 5.32 Å². The molecule has 0 radical (unpaired) electrons. The molecule has 0 saturated carbocycles. The largest absolute Gasteiger partial charge is 0.453 e. The fourth-order valence-corrected chi connectivity index (χ4v) is 1.79. The molecule has 0 aliphatic rings. The van der Waals surface area contributed by atoms with Gasteiger partial charge in [0.2, 0.25) is 0 Å². The van der Waals surface area contributed by atoms with Crippen LogP contribution in [-0.4, -0.2) is 15.2 Å². The number of rotatable bonds is 4. The smallest absolute Gasteiger partial charge is 0.167 e. The molecular weight excluding hydrogens is 271 g/mol.